The van der Waals surface area contributed by atoms with Crippen molar-refractivity contribution in [1.82, 2.24) is 15.2 Å². The van der Waals surface area contributed by atoms with Crippen LogP contribution in [-0.2, 0) is 0 Å². The number of nitrogens with one attached hydrogen (secondary N) is 1. The van der Waals surface area contributed by atoms with Gasteiger partial charge in [-0.2, -0.15) is 5.10 Å². The molecule has 0 unspecified atom stereocenters. The van der Waals surface area contributed by atoms with Crippen LogP contribution in [-0.4, -0.2) is 31.4 Å². The highest BCUT2D eigenvalue weighted by Crippen LogP contribution is 2.55. The van der Waals surface area contributed by atoms with Crippen molar-refractivity contribution in [3.63, 3.8) is 0 Å². The van der Waals surface area contributed by atoms with Gasteiger partial charge in [-0.3, -0.25) is 5.10 Å². The average molecular weight is 371 g/mol. The first-order chi connectivity index (χ1) is 13.6. The van der Waals surface area contributed by atoms with Gasteiger partial charge in [-0.15, -0.1) is 0 Å². The summed E-state index contributed by atoms with van der Waals surface area (Å²) in [5.74, 6) is -0.318. The summed E-state index contributed by atoms with van der Waals surface area (Å²) in [4.78, 5) is 16.6. The minimum Gasteiger partial charge on any atom is -0.508 e. The lowest BCUT2D eigenvalue weighted by Crippen LogP contribution is -2.01. The zero-order valence-electron chi connectivity index (χ0n) is 14.8. The van der Waals surface area contributed by atoms with Crippen molar-refractivity contribution in [2.45, 2.75) is 18.3 Å². The van der Waals surface area contributed by atoms with E-state index in [1.807, 2.05) is 18.2 Å². The number of nitrogens with zero attached hydrogens (tertiary/aromatic N) is 2. The molecule has 6 nitrogen and oxygen atoms in total. The number of aromatic hydroxyl groups is 1. The summed E-state index contributed by atoms with van der Waals surface area (Å²) in [6.07, 6.45) is 0.947. The van der Waals surface area contributed by atoms with Crippen molar-refractivity contribution >= 4 is 17.0 Å². The van der Waals surface area contributed by atoms with Crippen LogP contribution in [0.3, 0.4) is 0 Å². The van der Waals surface area contributed by atoms with Gasteiger partial charge >= 0.3 is 5.97 Å². The van der Waals surface area contributed by atoms with E-state index in [0.29, 0.717) is 22.6 Å². The van der Waals surface area contributed by atoms with E-state index in [1.165, 1.54) is 5.56 Å². The number of fused-ring (bicyclic) bond motifs is 1. The largest absolute Gasteiger partial charge is 0.508 e. The number of aromatic carboxylic acids is 1. The summed E-state index contributed by atoms with van der Waals surface area (Å²) in [6, 6.07) is 18.3. The Morgan fingerprint density at radius 3 is 2.50 bits per heavy atom. The number of H-pyrrole nitrogens is 1. The molecular formula is C22H17N3O3. The highest BCUT2D eigenvalue weighted by Gasteiger charge is 2.42. The molecule has 2 aromatic heterocycles. The molecule has 0 aliphatic heterocycles. The summed E-state index contributed by atoms with van der Waals surface area (Å²) in [5, 5.41) is 27.2. The van der Waals surface area contributed by atoms with Gasteiger partial charge in [0.05, 0.1) is 22.3 Å². The van der Waals surface area contributed by atoms with E-state index in [1.54, 1.807) is 30.3 Å². The molecule has 2 heterocycles. The summed E-state index contributed by atoms with van der Waals surface area (Å²) >= 11 is 0. The van der Waals surface area contributed by atoms with E-state index < -0.39 is 5.97 Å². The van der Waals surface area contributed by atoms with Crippen LogP contribution in [0.25, 0.3) is 22.3 Å². The van der Waals surface area contributed by atoms with E-state index in [4.69, 9.17) is 0 Å². The van der Waals surface area contributed by atoms with E-state index in [-0.39, 0.29) is 17.2 Å². The quantitative estimate of drug-likeness (QED) is 0.497. The summed E-state index contributed by atoms with van der Waals surface area (Å²) in [6.45, 7) is 0. The minimum absolute atomic E-state index is 0.146. The Hall–Kier alpha value is -3.67. The SMILES string of the molecule is O=C(O)c1cc(-c2ccc(O)cc2)nc2[nH]nc([C@@H]3C[C@H]3c3ccccc3)c12. The molecule has 1 aliphatic carbocycles. The molecule has 2 atom stereocenters. The fourth-order valence-corrected chi connectivity index (χ4v) is 3.84. The van der Waals surface area contributed by atoms with Crippen LogP contribution in [0.4, 0.5) is 0 Å². The number of carboxylic acids is 1. The third kappa shape index (κ3) is 2.70. The number of phenolic OH excluding ortho intramolecular Hbond substituents is 1. The van der Waals surface area contributed by atoms with Crippen LogP contribution < -0.4 is 0 Å². The van der Waals surface area contributed by atoms with E-state index in [0.717, 1.165) is 17.7 Å². The van der Waals surface area contributed by atoms with Gasteiger partial charge in [0.2, 0.25) is 0 Å². The number of hydrogen-bond donors (Lipinski definition) is 3. The molecule has 0 bridgehead atoms. The van der Waals surface area contributed by atoms with Crippen molar-refractivity contribution in [2.24, 2.45) is 0 Å². The number of rotatable bonds is 4. The molecule has 1 fully saturated rings. The van der Waals surface area contributed by atoms with Crippen LogP contribution in [0.15, 0.2) is 60.7 Å². The molecule has 1 saturated carbocycles. The molecule has 4 aromatic rings. The second-order valence-electron chi connectivity index (χ2n) is 7.10. The third-order valence-corrected chi connectivity index (χ3v) is 5.32. The van der Waals surface area contributed by atoms with Crippen molar-refractivity contribution in [1.29, 1.82) is 0 Å². The van der Waals surface area contributed by atoms with Crippen LogP contribution in [0.2, 0.25) is 0 Å². The normalized spacial score (nSPS) is 18.3. The number of pyridine rings is 1. The molecule has 1 aliphatic rings. The smallest absolute Gasteiger partial charge is 0.336 e. The predicted molar refractivity (Wildman–Crippen MR) is 104 cm³/mol. The molecule has 0 radical (unpaired) electrons. The Labute approximate surface area is 160 Å². The summed E-state index contributed by atoms with van der Waals surface area (Å²) in [7, 11) is 0. The molecular weight excluding hydrogens is 354 g/mol. The first kappa shape index (κ1) is 16.5. The fourth-order valence-electron chi connectivity index (χ4n) is 3.84. The zero-order chi connectivity index (χ0) is 19.3. The van der Waals surface area contributed by atoms with Gasteiger partial charge in [0.25, 0.3) is 0 Å². The molecule has 0 saturated heterocycles. The van der Waals surface area contributed by atoms with Crippen molar-refractivity contribution in [3.8, 4) is 17.0 Å². The maximum atomic E-state index is 12.0. The lowest BCUT2D eigenvalue weighted by atomic mass is 10.0. The third-order valence-electron chi connectivity index (χ3n) is 5.32. The van der Waals surface area contributed by atoms with Gasteiger partial charge in [-0.1, -0.05) is 30.3 Å². The number of aromatic amines is 1. The van der Waals surface area contributed by atoms with Crippen molar-refractivity contribution < 1.29 is 15.0 Å². The molecule has 3 N–H and O–H groups in total. The van der Waals surface area contributed by atoms with Crippen molar-refractivity contribution in [2.75, 3.05) is 0 Å². The molecule has 6 heteroatoms. The first-order valence-electron chi connectivity index (χ1n) is 9.08. The monoisotopic (exact) mass is 371 g/mol. The molecule has 0 spiro atoms. The number of carboxylic acid groups (broad SMARTS) is 1. The first-order valence-corrected chi connectivity index (χ1v) is 9.08. The minimum atomic E-state index is -1.01. The van der Waals surface area contributed by atoms with Gasteiger partial charge in [-0.05, 0) is 48.2 Å². The zero-order valence-corrected chi connectivity index (χ0v) is 14.8. The Morgan fingerprint density at radius 1 is 1.04 bits per heavy atom. The van der Waals surface area contributed by atoms with Gasteiger partial charge in [0, 0.05) is 11.5 Å². The van der Waals surface area contributed by atoms with E-state index >= 15 is 0 Å². The molecule has 138 valence electrons. The highest BCUT2D eigenvalue weighted by atomic mass is 16.4. The lowest BCUT2D eigenvalue weighted by molar-refractivity contribution is 0.0699. The van der Waals surface area contributed by atoms with E-state index in [9.17, 15) is 15.0 Å². The Morgan fingerprint density at radius 2 is 1.79 bits per heavy atom. The van der Waals surface area contributed by atoms with Gasteiger partial charge in [0.15, 0.2) is 5.65 Å². The van der Waals surface area contributed by atoms with Gasteiger partial charge in [-0.25, -0.2) is 9.78 Å². The number of aromatic nitrogens is 3. The number of benzene rings is 2. The number of phenols is 1. The predicted octanol–water partition coefficient (Wildman–Crippen LogP) is 4.30. The maximum Gasteiger partial charge on any atom is 0.336 e. The lowest BCUT2D eigenvalue weighted by Gasteiger charge is -2.06. The van der Waals surface area contributed by atoms with Crippen LogP contribution in [0, 0.1) is 0 Å². The standard InChI is InChI=1S/C22H17N3O3/c26-14-8-6-13(7-9-14)18-11-17(22(27)28)19-20(24-25-21(19)23-18)16-10-15(16)12-4-2-1-3-5-12/h1-9,11,15-16,26H,10H2,(H,27,28)(H,23,24,25)/t15-,16+/m0/s1. The summed E-state index contributed by atoms with van der Waals surface area (Å²) < 4.78 is 0. The van der Waals surface area contributed by atoms with Crippen LogP contribution in [0.5, 0.6) is 5.75 Å². The topological polar surface area (TPSA) is 99.1 Å². The van der Waals surface area contributed by atoms with E-state index in [2.05, 4.69) is 27.3 Å². The molecule has 0 amide bonds. The average Bonchev–Trinajstić information content (AvgIpc) is 3.40. The number of hydrogen-bond acceptors (Lipinski definition) is 4. The Kier molecular flexibility index (Phi) is 3.65. The second-order valence-corrected chi connectivity index (χ2v) is 7.10. The Bertz CT molecular complexity index is 1180. The van der Waals surface area contributed by atoms with Crippen LogP contribution >= 0.6 is 0 Å². The molecule has 28 heavy (non-hydrogen) atoms. The van der Waals surface area contributed by atoms with Gasteiger partial charge < -0.3 is 10.2 Å². The highest BCUT2D eigenvalue weighted by molar-refractivity contribution is 6.04. The molecule has 5 rings (SSSR count). The summed E-state index contributed by atoms with van der Waals surface area (Å²) in [5.41, 5.74) is 3.93. The maximum absolute atomic E-state index is 12.0. The van der Waals surface area contributed by atoms with Gasteiger partial charge in [0.1, 0.15) is 5.75 Å². The van der Waals surface area contributed by atoms with Crippen LogP contribution in [0.1, 0.15) is 39.9 Å². The fraction of sp³-hybridized carbons (Fsp3) is 0.136. The number of carbonyl (C=O) groups is 1. The Balaban J connectivity index is 1.60. The molecule has 2 aromatic carbocycles. The second kappa shape index (κ2) is 6.20. The van der Waals surface area contributed by atoms with Crippen molar-refractivity contribution in [3.05, 3.63) is 77.5 Å².